The lowest BCUT2D eigenvalue weighted by Gasteiger charge is -2.23. The van der Waals surface area contributed by atoms with Gasteiger partial charge in [0.05, 0.1) is 0 Å². The molecule has 0 unspecified atom stereocenters. The third kappa shape index (κ3) is 4.81. The van der Waals surface area contributed by atoms with Crippen LogP contribution in [0.5, 0.6) is 5.75 Å². The van der Waals surface area contributed by atoms with Crippen molar-refractivity contribution >= 4 is 29.1 Å². The predicted octanol–water partition coefficient (Wildman–Crippen LogP) is 3.92. The highest BCUT2D eigenvalue weighted by atomic mass is 35.5. The quantitative estimate of drug-likeness (QED) is 0.697. The number of furan rings is 1. The van der Waals surface area contributed by atoms with Crippen molar-refractivity contribution in [2.45, 2.75) is 25.5 Å². The SMILES string of the molecule is Cl.O=C(N[C@H]1CCCNC1)c1ccc(COc2ccc3ccccc3c2)o1. The minimum atomic E-state index is -0.171. The third-order valence-electron chi connectivity index (χ3n) is 4.62. The zero-order valence-corrected chi connectivity index (χ0v) is 15.8. The molecule has 2 aromatic carbocycles. The Morgan fingerprint density at radius 3 is 2.81 bits per heavy atom. The minimum Gasteiger partial charge on any atom is -0.486 e. The first-order valence-electron chi connectivity index (χ1n) is 9.00. The Labute approximate surface area is 164 Å². The van der Waals surface area contributed by atoms with Gasteiger partial charge in [0, 0.05) is 12.6 Å². The van der Waals surface area contributed by atoms with Gasteiger partial charge in [-0.2, -0.15) is 0 Å². The van der Waals surface area contributed by atoms with Crippen LogP contribution in [0.1, 0.15) is 29.2 Å². The molecule has 2 heterocycles. The molecule has 0 aliphatic carbocycles. The fourth-order valence-corrected chi connectivity index (χ4v) is 3.22. The molecule has 1 aromatic heterocycles. The monoisotopic (exact) mass is 386 g/mol. The average Bonchev–Trinajstić information content (AvgIpc) is 3.16. The molecule has 1 aliphatic rings. The fraction of sp³-hybridized carbons (Fsp3) is 0.286. The lowest BCUT2D eigenvalue weighted by Crippen LogP contribution is -2.45. The maximum atomic E-state index is 12.3. The van der Waals surface area contributed by atoms with Gasteiger partial charge in [0.2, 0.25) is 0 Å². The van der Waals surface area contributed by atoms with Crippen molar-refractivity contribution in [3.63, 3.8) is 0 Å². The maximum Gasteiger partial charge on any atom is 0.287 e. The van der Waals surface area contributed by atoms with Gasteiger partial charge in [0.15, 0.2) is 5.76 Å². The smallest absolute Gasteiger partial charge is 0.287 e. The second kappa shape index (κ2) is 8.93. The van der Waals surface area contributed by atoms with Crippen LogP contribution in [0.15, 0.2) is 59.0 Å². The molecule has 1 saturated heterocycles. The molecule has 2 N–H and O–H groups in total. The molecule has 1 atom stereocenters. The van der Waals surface area contributed by atoms with Gasteiger partial charge in [0.1, 0.15) is 18.1 Å². The Morgan fingerprint density at radius 2 is 2.00 bits per heavy atom. The lowest BCUT2D eigenvalue weighted by molar-refractivity contribution is 0.0898. The van der Waals surface area contributed by atoms with E-state index in [1.54, 1.807) is 12.1 Å². The molecule has 27 heavy (non-hydrogen) atoms. The lowest BCUT2D eigenvalue weighted by atomic mass is 10.1. The van der Waals surface area contributed by atoms with Crippen molar-refractivity contribution < 1.29 is 13.9 Å². The fourth-order valence-electron chi connectivity index (χ4n) is 3.22. The molecule has 1 amide bonds. The number of fused-ring (bicyclic) bond motifs is 1. The summed E-state index contributed by atoms with van der Waals surface area (Å²) < 4.78 is 11.4. The number of ether oxygens (including phenoxy) is 1. The summed E-state index contributed by atoms with van der Waals surface area (Å²) in [6.45, 7) is 2.12. The highest BCUT2D eigenvalue weighted by Crippen LogP contribution is 2.21. The van der Waals surface area contributed by atoms with Crippen molar-refractivity contribution in [1.82, 2.24) is 10.6 Å². The third-order valence-corrected chi connectivity index (χ3v) is 4.62. The van der Waals surface area contributed by atoms with Crippen LogP contribution in [0.2, 0.25) is 0 Å². The van der Waals surface area contributed by atoms with Crippen LogP contribution in [-0.2, 0) is 6.61 Å². The summed E-state index contributed by atoms with van der Waals surface area (Å²) in [7, 11) is 0. The first-order valence-corrected chi connectivity index (χ1v) is 9.00. The molecule has 4 rings (SSSR count). The Hall–Kier alpha value is -2.50. The van der Waals surface area contributed by atoms with Gasteiger partial charge in [-0.3, -0.25) is 4.79 Å². The number of carbonyl (C=O) groups is 1. The highest BCUT2D eigenvalue weighted by Gasteiger charge is 2.18. The number of nitrogens with one attached hydrogen (secondary N) is 2. The molecular formula is C21H23ClN2O3. The minimum absolute atomic E-state index is 0. The standard InChI is InChI=1S/C21H22N2O3.ClH/c24-21(23-17-6-3-11-22-13-17)20-10-9-19(26-20)14-25-18-8-7-15-4-1-2-5-16(15)12-18;/h1-2,4-5,7-10,12,17,22H,3,6,11,13-14H2,(H,23,24);1H/t17-;/m0./s1. The van der Waals surface area contributed by atoms with E-state index in [1.165, 1.54) is 5.39 Å². The number of piperidine rings is 1. The van der Waals surface area contributed by atoms with E-state index in [0.717, 1.165) is 37.1 Å². The van der Waals surface area contributed by atoms with Gasteiger partial charge in [-0.15, -0.1) is 12.4 Å². The van der Waals surface area contributed by atoms with E-state index in [4.69, 9.17) is 9.15 Å². The molecule has 6 heteroatoms. The summed E-state index contributed by atoms with van der Waals surface area (Å²) in [5.41, 5.74) is 0. The van der Waals surface area contributed by atoms with Crippen LogP contribution in [-0.4, -0.2) is 25.0 Å². The second-order valence-electron chi connectivity index (χ2n) is 6.58. The van der Waals surface area contributed by atoms with Crippen LogP contribution in [0, 0.1) is 0 Å². The molecule has 0 spiro atoms. The number of rotatable bonds is 5. The average molecular weight is 387 g/mol. The second-order valence-corrected chi connectivity index (χ2v) is 6.58. The summed E-state index contributed by atoms with van der Waals surface area (Å²) in [4.78, 5) is 12.3. The van der Waals surface area contributed by atoms with E-state index in [0.29, 0.717) is 11.5 Å². The number of hydrogen-bond acceptors (Lipinski definition) is 4. The number of halogens is 1. The summed E-state index contributed by atoms with van der Waals surface area (Å²) >= 11 is 0. The Kier molecular flexibility index (Phi) is 6.37. The van der Waals surface area contributed by atoms with Crippen molar-refractivity contribution in [2.75, 3.05) is 13.1 Å². The topological polar surface area (TPSA) is 63.5 Å². The van der Waals surface area contributed by atoms with Gasteiger partial charge >= 0.3 is 0 Å². The van der Waals surface area contributed by atoms with Crippen LogP contribution in [0.25, 0.3) is 10.8 Å². The van der Waals surface area contributed by atoms with Crippen molar-refractivity contribution in [3.8, 4) is 5.75 Å². The number of carbonyl (C=O) groups excluding carboxylic acids is 1. The van der Waals surface area contributed by atoms with Crippen LogP contribution in [0.3, 0.4) is 0 Å². The number of benzene rings is 2. The molecule has 1 aliphatic heterocycles. The summed E-state index contributed by atoms with van der Waals surface area (Å²) in [6, 6.07) is 17.8. The van der Waals surface area contributed by atoms with Gasteiger partial charge in [0.25, 0.3) is 5.91 Å². The highest BCUT2D eigenvalue weighted by molar-refractivity contribution is 5.91. The van der Waals surface area contributed by atoms with E-state index in [1.807, 2.05) is 30.3 Å². The van der Waals surface area contributed by atoms with E-state index in [-0.39, 0.29) is 31.0 Å². The van der Waals surface area contributed by atoms with Gasteiger partial charge < -0.3 is 19.8 Å². The van der Waals surface area contributed by atoms with E-state index in [2.05, 4.69) is 22.8 Å². The zero-order chi connectivity index (χ0) is 17.8. The number of hydrogen-bond donors (Lipinski definition) is 2. The van der Waals surface area contributed by atoms with Gasteiger partial charge in [-0.1, -0.05) is 30.3 Å². The van der Waals surface area contributed by atoms with Crippen molar-refractivity contribution in [3.05, 3.63) is 66.1 Å². The van der Waals surface area contributed by atoms with Crippen LogP contribution < -0.4 is 15.4 Å². The molecule has 5 nitrogen and oxygen atoms in total. The van der Waals surface area contributed by atoms with Crippen LogP contribution in [0.4, 0.5) is 0 Å². The molecule has 0 bridgehead atoms. The molecular weight excluding hydrogens is 364 g/mol. The van der Waals surface area contributed by atoms with Crippen molar-refractivity contribution in [2.24, 2.45) is 0 Å². The first kappa shape index (κ1) is 19.3. The molecule has 3 aromatic rings. The van der Waals surface area contributed by atoms with Crippen molar-refractivity contribution in [1.29, 1.82) is 0 Å². The molecule has 0 saturated carbocycles. The summed E-state index contributed by atoms with van der Waals surface area (Å²) in [5, 5.41) is 8.59. The zero-order valence-electron chi connectivity index (χ0n) is 14.9. The normalized spacial score (nSPS) is 16.5. The molecule has 0 radical (unpaired) electrons. The van der Waals surface area contributed by atoms with Crippen LogP contribution >= 0.6 is 12.4 Å². The molecule has 1 fully saturated rings. The molecule has 142 valence electrons. The Balaban J connectivity index is 0.00000210. The Bertz CT molecular complexity index is 903. The maximum absolute atomic E-state index is 12.3. The summed E-state index contributed by atoms with van der Waals surface area (Å²) in [5.74, 6) is 1.56. The van der Waals surface area contributed by atoms with Gasteiger partial charge in [-0.25, -0.2) is 0 Å². The first-order chi connectivity index (χ1) is 12.8. The van der Waals surface area contributed by atoms with Gasteiger partial charge in [-0.05, 0) is 54.4 Å². The Morgan fingerprint density at radius 1 is 1.15 bits per heavy atom. The van der Waals surface area contributed by atoms with E-state index < -0.39 is 0 Å². The number of amides is 1. The van der Waals surface area contributed by atoms with E-state index in [9.17, 15) is 4.79 Å². The largest absolute Gasteiger partial charge is 0.486 e. The summed E-state index contributed by atoms with van der Waals surface area (Å²) in [6.07, 6.45) is 2.07. The predicted molar refractivity (Wildman–Crippen MR) is 108 cm³/mol. The van der Waals surface area contributed by atoms with E-state index >= 15 is 0 Å².